The Kier molecular flexibility index (Phi) is 4.91. The number of nitro groups is 2. The molecule has 0 atom stereocenters. The van der Waals surface area contributed by atoms with E-state index in [0.29, 0.717) is 12.1 Å². The molecule has 0 aliphatic carbocycles. The van der Waals surface area contributed by atoms with Crippen LogP contribution in [0.25, 0.3) is 0 Å². The second-order valence-corrected chi connectivity index (χ2v) is 5.18. The molecule has 1 N–H and O–H groups in total. The number of non-ortho nitro benzene ring substituents is 1. The first-order valence-electron chi connectivity index (χ1n) is 6.92. The molecular formula is C15H10F3N3O5. The highest BCUT2D eigenvalue weighted by atomic mass is 19.4. The van der Waals surface area contributed by atoms with Crippen LogP contribution in [0, 0.1) is 27.2 Å². The van der Waals surface area contributed by atoms with E-state index in [4.69, 9.17) is 0 Å². The van der Waals surface area contributed by atoms with E-state index in [9.17, 15) is 38.2 Å². The zero-order chi connectivity index (χ0) is 19.6. The summed E-state index contributed by atoms with van der Waals surface area (Å²) in [6, 6.07) is 5.27. The molecule has 26 heavy (non-hydrogen) atoms. The second kappa shape index (κ2) is 6.78. The van der Waals surface area contributed by atoms with Gasteiger partial charge in [0.2, 0.25) is 0 Å². The molecule has 2 aromatic rings. The summed E-state index contributed by atoms with van der Waals surface area (Å²) in [5.74, 6) is -1.01. The number of anilines is 1. The van der Waals surface area contributed by atoms with Crippen LogP contribution in [-0.2, 0) is 6.18 Å². The van der Waals surface area contributed by atoms with Gasteiger partial charge in [0.05, 0.1) is 27.0 Å². The lowest BCUT2D eigenvalue weighted by Gasteiger charge is -2.11. The van der Waals surface area contributed by atoms with Crippen LogP contribution in [0.3, 0.4) is 0 Å². The lowest BCUT2D eigenvalue weighted by molar-refractivity contribution is -0.394. The molecule has 0 heterocycles. The molecule has 8 nitrogen and oxygen atoms in total. The lowest BCUT2D eigenvalue weighted by atomic mass is 10.0. The average molecular weight is 369 g/mol. The number of hydrogen-bond acceptors (Lipinski definition) is 5. The summed E-state index contributed by atoms with van der Waals surface area (Å²) >= 11 is 0. The van der Waals surface area contributed by atoms with E-state index in [0.717, 1.165) is 18.2 Å². The number of rotatable bonds is 4. The van der Waals surface area contributed by atoms with Crippen molar-refractivity contribution in [1.82, 2.24) is 0 Å². The maximum Gasteiger partial charge on any atom is 0.416 e. The van der Waals surface area contributed by atoms with Crippen LogP contribution in [0.2, 0.25) is 0 Å². The number of amides is 1. The maximum absolute atomic E-state index is 12.7. The fraction of sp³-hybridized carbons (Fsp3) is 0.133. The Morgan fingerprint density at radius 2 is 1.73 bits per heavy atom. The number of hydrogen-bond donors (Lipinski definition) is 1. The largest absolute Gasteiger partial charge is 0.416 e. The summed E-state index contributed by atoms with van der Waals surface area (Å²) in [5.41, 5.74) is -3.08. The van der Waals surface area contributed by atoms with E-state index in [-0.39, 0.29) is 16.8 Å². The Bertz CT molecular complexity index is 912. The van der Waals surface area contributed by atoms with Gasteiger partial charge in [-0.05, 0) is 25.1 Å². The molecular weight excluding hydrogens is 359 g/mol. The van der Waals surface area contributed by atoms with Gasteiger partial charge >= 0.3 is 6.18 Å². The molecule has 0 fully saturated rings. The quantitative estimate of drug-likeness (QED) is 0.644. The molecule has 0 aliphatic heterocycles. The van der Waals surface area contributed by atoms with Gasteiger partial charge in [0.15, 0.2) is 0 Å². The Labute approximate surface area is 143 Å². The molecule has 0 unspecified atom stereocenters. The minimum absolute atomic E-state index is 0.148. The molecule has 2 aromatic carbocycles. The molecule has 2 rings (SSSR count). The monoisotopic (exact) mass is 369 g/mol. The number of nitrogens with zero attached hydrogens (tertiary/aromatic N) is 2. The van der Waals surface area contributed by atoms with Crippen molar-refractivity contribution in [3.05, 3.63) is 73.3 Å². The third-order valence-electron chi connectivity index (χ3n) is 3.46. The van der Waals surface area contributed by atoms with Gasteiger partial charge < -0.3 is 5.32 Å². The third-order valence-corrected chi connectivity index (χ3v) is 3.46. The van der Waals surface area contributed by atoms with E-state index in [1.165, 1.54) is 13.0 Å². The molecule has 11 heteroatoms. The van der Waals surface area contributed by atoms with Crippen molar-refractivity contribution >= 4 is 23.0 Å². The maximum atomic E-state index is 12.7. The highest BCUT2D eigenvalue weighted by Gasteiger charge is 2.31. The first-order valence-corrected chi connectivity index (χ1v) is 6.92. The average Bonchev–Trinajstić information content (AvgIpc) is 2.53. The molecule has 0 radical (unpaired) electrons. The number of carbonyl (C=O) groups excluding carboxylic acids is 1. The van der Waals surface area contributed by atoms with E-state index in [1.807, 2.05) is 0 Å². The summed E-state index contributed by atoms with van der Waals surface area (Å²) in [6.45, 7) is 1.21. The molecule has 0 saturated carbocycles. The van der Waals surface area contributed by atoms with Crippen molar-refractivity contribution in [3.8, 4) is 0 Å². The summed E-state index contributed by atoms with van der Waals surface area (Å²) < 4.78 is 38.1. The van der Waals surface area contributed by atoms with Crippen LogP contribution in [0.4, 0.5) is 30.2 Å². The number of carbonyl (C=O) groups is 1. The van der Waals surface area contributed by atoms with Gasteiger partial charge in [-0.3, -0.25) is 25.0 Å². The zero-order valence-corrected chi connectivity index (χ0v) is 13.0. The van der Waals surface area contributed by atoms with Crippen LogP contribution in [-0.4, -0.2) is 15.8 Å². The van der Waals surface area contributed by atoms with Gasteiger partial charge in [-0.15, -0.1) is 0 Å². The summed E-state index contributed by atoms with van der Waals surface area (Å²) in [5, 5.41) is 24.1. The van der Waals surface area contributed by atoms with Crippen LogP contribution < -0.4 is 5.32 Å². The van der Waals surface area contributed by atoms with Crippen molar-refractivity contribution < 1.29 is 27.8 Å². The predicted molar refractivity (Wildman–Crippen MR) is 83.9 cm³/mol. The Balaban J connectivity index is 2.44. The van der Waals surface area contributed by atoms with Crippen molar-refractivity contribution in [2.45, 2.75) is 13.1 Å². The lowest BCUT2D eigenvalue weighted by Crippen LogP contribution is -2.15. The van der Waals surface area contributed by atoms with Gasteiger partial charge in [-0.2, -0.15) is 13.2 Å². The number of alkyl halides is 3. The second-order valence-electron chi connectivity index (χ2n) is 5.18. The van der Waals surface area contributed by atoms with Crippen LogP contribution >= 0.6 is 0 Å². The number of nitro benzene ring substituents is 2. The number of nitrogens with one attached hydrogen (secondary N) is 1. The van der Waals surface area contributed by atoms with E-state index >= 15 is 0 Å². The Morgan fingerprint density at radius 3 is 2.27 bits per heavy atom. The van der Waals surface area contributed by atoms with E-state index in [1.54, 1.807) is 0 Å². The summed E-state index contributed by atoms with van der Waals surface area (Å²) in [7, 11) is 0. The third kappa shape index (κ3) is 3.94. The van der Waals surface area contributed by atoms with Gasteiger partial charge in [-0.25, -0.2) is 0 Å². The fourth-order valence-corrected chi connectivity index (χ4v) is 2.19. The molecule has 0 aromatic heterocycles. The summed E-state index contributed by atoms with van der Waals surface area (Å²) in [4.78, 5) is 32.4. The first kappa shape index (κ1) is 18.8. The zero-order valence-electron chi connectivity index (χ0n) is 13.0. The Hall–Kier alpha value is -3.50. The van der Waals surface area contributed by atoms with Crippen molar-refractivity contribution in [3.63, 3.8) is 0 Å². The predicted octanol–water partition coefficient (Wildman–Crippen LogP) is 4.08. The smallest absolute Gasteiger partial charge is 0.322 e. The standard InChI is InChI=1S/C15H10F3N3O5/c1-8-12(6-11(20(23)24)7-13(8)21(25)26)14(22)19-10-4-2-3-9(5-10)15(16,17)18/h2-7H,1H3,(H,19,22). The van der Waals surface area contributed by atoms with Gasteiger partial charge in [0, 0.05) is 17.3 Å². The molecule has 0 aliphatic rings. The van der Waals surface area contributed by atoms with E-state index < -0.39 is 38.9 Å². The highest BCUT2D eigenvalue weighted by Crippen LogP contribution is 2.32. The van der Waals surface area contributed by atoms with Crippen LogP contribution in [0.15, 0.2) is 36.4 Å². The first-order chi connectivity index (χ1) is 12.0. The molecule has 1 amide bonds. The minimum atomic E-state index is -4.62. The van der Waals surface area contributed by atoms with Gasteiger partial charge in [-0.1, -0.05) is 6.07 Å². The van der Waals surface area contributed by atoms with Crippen LogP contribution in [0.1, 0.15) is 21.5 Å². The minimum Gasteiger partial charge on any atom is -0.322 e. The Morgan fingerprint density at radius 1 is 1.08 bits per heavy atom. The van der Waals surface area contributed by atoms with E-state index in [2.05, 4.69) is 5.32 Å². The van der Waals surface area contributed by atoms with Crippen molar-refractivity contribution in [2.24, 2.45) is 0 Å². The number of halogens is 3. The SMILES string of the molecule is Cc1c(C(=O)Nc2cccc(C(F)(F)F)c2)cc([N+](=O)[O-])cc1[N+](=O)[O-]. The molecule has 0 bridgehead atoms. The fourth-order valence-electron chi connectivity index (χ4n) is 2.19. The molecule has 0 saturated heterocycles. The normalized spacial score (nSPS) is 11.1. The van der Waals surface area contributed by atoms with Crippen molar-refractivity contribution in [1.29, 1.82) is 0 Å². The molecule has 136 valence electrons. The number of benzene rings is 2. The molecule has 0 spiro atoms. The summed E-state index contributed by atoms with van der Waals surface area (Å²) in [6.07, 6.45) is -4.62. The highest BCUT2D eigenvalue weighted by molar-refractivity contribution is 6.06. The van der Waals surface area contributed by atoms with Crippen molar-refractivity contribution in [2.75, 3.05) is 5.32 Å². The van der Waals surface area contributed by atoms with Gasteiger partial charge in [0.25, 0.3) is 17.3 Å². The topological polar surface area (TPSA) is 115 Å². The van der Waals surface area contributed by atoms with Gasteiger partial charge in [0.1, 0.15) is 0 Å². The van der Waals surface area contributed by atoms with Crippen LogP contribution in [0.5, 0.6) is 0 Å².